The number of rotatable bonds is 5. The van der Waals surface area contributed by atoms with Crippen LogP contribution in [0.4, 0.5) is 11.8 Å². The van der Waals surface area contributed by atoms with Gasteiger partial charge in [0.1, 0.15) is 16.8 Å². The minimum absolute atomic E-state index is 0.145. The number of allylic oxidation sites excluding steroid dienone is 2. The van der Waals surface area contributed by atoms with Crippen molar-refractivity contribution < 1.29 is 22.5 Å². The van der Waals surface area contributed by atoms with E-state index >= 15 is 0 Å². The first-order valence-corrected chi connectivity index (χ1v) is 11.7. The first kappa shape index (κ1) is 22.7. The highest BCUT2D eigenvalue weighted by atomic mass is 32.2. The molecule has 2 heterocycles. The van der Waals surface area contributed by atoms with Crippen LogP contribution in [0.3, 0.4) is 0 Å². The van der Waals surface area contributed by atoms with E-state index in [9.17, 15) is 18.1 Å². The van der Waals surface area contributed by atoms with E-state index in [2.05, 4.69) is 20.5 Å². The predicted octanol–water partition coefficient (Wildman–Crippen LogP) is 4.15. The Morgan fingerprint density at radius 1 is 1.06 bits per heavy atom. The molecule has 0 radical (unpaired) electrons. The van der Waals surface area contributed by atoms with Gasteiger partial charge >= 0.3 is 6.01 Å². The molecule has 3 N–H and O–H groups in total. The Morgan fingerprint density at radius 3 is 2.39 bits per heavy atom. The van der Waals surface area contributed by atoms with Gasteiger partial charge in [-0.05, 0) is 50.5 Å². The number of hydrogen-bond donors (Lipinski definition) is 3. The van der Waals surface area contributed by atoms with Crippen LogP contribution in [0.1, 0.15) is 29.3 Å². The second-order valence-corrected chi connectivity index (χ2v) is 9.78. The van der Waals surface area contributed by atoms with E-state index < -0.39 is 20.8 Å². The lowest BCUT2D eigenvalue weighted by Crippen LogP contribution is -2.25. The van der Waals surface area contributed by atoms with Crippen molar-refractivity contribution in [3.63, 3.8) is 0 Å². The second-order valence-electron chi connectivity index (χ2n) is 8.21. The number of anilines is 2. The minimum atomic E-state index is -4.20. The smallest absolute Gasteiger partial charge is 0.321 e. The molecule has 9 nitrogen and oxygen atoms in total. The molecule has 0 atom stereocenters. The molecule has 10 heteroatoms. The second kappa shape index (κ2) is 8.13. The highest BCUT2D eigenvalue weighted by Crippen LogP contribution is 2.38. The lowest BCUT2D eigenvalue weighted by atomic mass is 9.77. The number of benzene rings is 1. The number of hydrogen-bond acceptors (Lipinski definition) is 8. The van der Waals surface area contributed by atoms with Crippen LogP contribution in [0.15, 0.2) is 53.0 Å². The van der Waals surface area contributed by atoms with Gasteiger partial charge in [0.15, 0.2) is 0 Å². The third-order valence-corrected chi connectivity index (χ3v) is 6.89. The molecule has 1 aliphatic rings. The Labute approximate surface area is 191 Å². The molecule has 0 saturated heterocycles. The highest BCUT2D eigenvalue weighted by molar-refractivity contribution is 7.86. The summed E-state index contributed by atoms with van der Waals surface area (Å²) in [6, 6.07) is 7.59. The average Bonchev–Trinajstić information content (AvgIpc) is 3.24. The highest BCUT2D eigenvalue weighted by Gasteiger charge is 2.31. The van der Waals surface area contributed by atoms with Crippen LogP contribution >= 0.6 is 0 Å². The summed E-state index contributed by atoms with van der Waals surface area (Å²) in [4.78, 5) is 4.36. The van der Waals surface area contributed by atoms with Crippen LogP contribution in [0.5, 0.6) is 5.75 Å². The van der Waals surface area contributed by atoms with Gasteiger partial charge in [0.05, 0.1) is 5.69 Å². The van der Waals surface area contributed by atoms with E-state index in [0.29, 0.717) is 22.6 Å². The van der Waals surface area contributed by atoms with E-state index in [1.54, 1.807) is 26.0 Å². The number of pyridine rings is 1. The van der Waals surface area contributed by atoms with E-state index in [-0.39, 0.29) is 17.7 Å². The van der Waals surface area contributed by atoms with E-state index in [1.165, 1.54) is 12.2 Å². The Bertz CT molecular complexity index is 1380. The summed E-state index contributed by atoms with van der Waals surface area (Å²) in [5, 5.41) is 20.3. The summed E-state index contributed by atoms with van der Waals surface area (Å²) >= 11 is 0. The molecule has 0 bridgehead atoms. The van der Waals surface area contributed by atoms with Crippen molar-refractivity contribution in [1.29, 1.82) is 0 Å². The largest absolute Gasteiger partial charge is 0.506 e. The van der Waals surface area contributed by atoms with Crippen molar-refractivity contribution in [1.82, 2.24) is 15.2 Å². The van der Waals surface area contributed by atoms with Crippen molar-refractivity contribution in [2.45, 2.75) is 38.4 Å². The zero-order chi connectivity index (χ0) is 24.0. The Morgan fingerprint density at radius 2 is 1.73 bits per heavy atom. The van der Waals surface area contributed by atoms with Gasteiger partial charge in [-0.25, -0.2) is 4.98 Å². The molecule has 0 saturated carbocycles. The number of aromatic hydroxyl groups is 1. The molecule has 33 heavy (non-hydrogen) atoms. The number of aromatic nitrogens is 3. The van der Waals surface area contributed by atoms with Crippen LogP contribution in [0.25, 0.3) is 11.5 Å². The Balaban J connectivity index is 1.67. The molecule has 3 aromatic rings. The van der Waals surface area contributed by atoms with Crippen molar-refractivity contribution in [2.75, 3.05) is 5.32 Å². The van der Waals surface area contributed by atoms with Gasteiger partial charge in [-0.2, -0.15) is 8.42 Å². The maximum atomic E-state index is 11.5. The zero-order valence-electron chi connectivity index (χ0n) is 18.6. The van der Waals surface area contributed by atoms with Gasteiger partial charge in [0.25, 0.3) is 10.1 Å². The number of nitrogens with zero attached hydrogens (tertiary/aromatic N) is 3. The standard InChI is InChI=1S/C23H24N4O5S/c1-13-14(2)20(24-15(3)19(13)28)25-22-27-26-21(32-22)17-7-5-6-8-18(17)23(4)11-9-16(10-12-23)33(29,30)31/h5-12,16,28H,1-4H3,(H,24,25,27)(H,29,30,31). The number of aryl methyl sites for hydroxylation is 1. The van der Waals surface area contributed by atoms with Gasteiger partial charge in [-0.3, -0.25) is 9.87 Å². The van der Waals surface area contributed by atoms with Crippen molar-refractivity contribution >= 4 is 22.0 Å². The first-order valence-electron chi connectivity index (χ1n) is 10.2. The fraction of sp³-hybridized carbons (Fsp3) is 0.261. The Hall–Kier alpha value is -3.50. The summed E-state index contributed by atoms with van der Waals surface area (Å²) in [6.07, 6.45) is 6.37. The molecule has 172 valence electrons. The van der Waals surface area contributed by atoms with E-state index in [4.69, 9.17) is 4.42 Å². The van der Waals surface area contributed by atoms with Gasteiger partial charge in [0.2, 0.25) is 5.89 Å². The quantitative estimate of drug-likeness (QED) is 0.372. The fourth-order valence-corrected chi connectivity index (χ4v) is 4.32. The van der Waals surface area contributed by atoms with Crippen molar-refractivity contribution in [3.8, 4) is 17.2 Å². The third-order valence-electron chi connectivity index (χ3n) is 5.89. The molecule has 1 aromatic carbocycles. The normalized spacial score (nSPS) is 20.2. The summed E-state index contributed by atoms with van der Waals surface area (Å²) < 4.78 is 38.1. The predicted molar refractivity (Wildman–Crippen MR) is 124 cm³/mol. The summed E-state index contributed by atoms with van der Waals surface area (Å²) in [5.74, 6) is 0.932. The molecule has 0 aliphatic heterocycles. The minimum Gasteiger partial charge on any atom is -0.506 e. The maximum absolute atomic E-state index is 11.5. The molecule has 0 amide bonds. The molecule has 0 unspecified atom stereocenters. The van der Waals surface area contributed by atoms with Crippen LogP contribution in [0.2, 0.25) is 0 Å². The lowest BCUT2D eigenvalue weighted by Gasteiger charge is -2.28. The van der Waals surface area contributed by atoms with E-state index in [0.717, 1.165) is 11.1 Å². The molecular weight excluding hydrogens is 444 g/mol. The molecule has 1 aliphatic carbocycles. The molecular formula is C23H24N4O5S. The Kier molecular flexibility index (Phi) is 5.59. The first-order chi connectivity index (χ1) is 15.5. The maximum Gasteiger partial charge on any atom is 0.321 e. The van der Waals surface area contributed by atoms with Gasteiger partial charge in [0, 0.05) is 11.0 Å². The topological polar surface area (TPSA) is 138 Å². The molecule has 2 aromatic heterocycles. The summed E-state index contributed by atoms with van der Waals surface area (Å²) in [7, 11) is -4.20. The van der Waals surface area contributed by atoms with Crippen molar-refractivity contribution in [3.05, 3.63) is 71.0 Å². The fourth-order valence-electron chi connectivity index (χ4n) is 3.76. The van der Waals surface area contributed by atoms with E-state index in [1.807, 2.05) is 38.1 Å². The lowest BCUT2D eigenvalue weighted by molar-refractivity contribution is 0.463. The average molecular weight is 469 g/mol. The van der Waals surface area contributed by atoms with Crippen LogP contribution < -0.4 is 5.32 Å². The van der Waals surface area contributed by atoms with Crippen LogP contribution in [-0.2, 0) is 15.5 Å². The van der Waals surface area contributed by atoms with Gasteiger partial charge in [-0.15, -0.1) is 5.10 Å². The molecule has 4 rings (SSSR count). The van der Waals surface area contributed by atoms with Crippen LogP contribution in [-0.4, -0.2) is 38.5 Å². The number of nitrogens with one attached hydrogen (secondary N) is 1. The monoisotopic (exact) mass is 468 g/mol. The molecule has 0 fully saturated rings. The van der Waals surface area contributed by atoms with Gasteiger partial charge < -0.3 is 9.52 Å². The van der Waals surface area contributed by atoms with Crippen molar-refractivity contribution in [2.24, 2.45) is 0 Å². The zero-order valence-corrected chi connectivity index (χ0v) is 19.4. The van der Waals surface area contributed by atoms with Crippen LogP contribution in [0, 0.1) is 20.8 Å². The van der Waals surface area contributed by atoms with Gasteiger partial charge in [-0.1, -0.05) is 47.6 Å². The SMILES string of the molecule is Cc1nc(Nc2nnc(-c3ccccc3C3(C)C=CC(S(=O)(=O)O)C=C3)o2)c(C)c(C)c1O. The third kappa shape index (κ3) is 4.27. The summed E-state index contributed by atoms with van der Waals surface area (Å²) in [5.41, 5.74) is 2.81. The molecule has 0 spiro atoms. The summed E-state index contributed by atoms with van der Waals surface area (Å²) in [6.45, 7) is 7.27.